The van der Waals surface area contributed by atoms with Crippen LogP contribution < -0.4 is 15.4 Å². The van der Waals surface area contributed by atoms with E-state index in [0.29, 0.717) is 11.4 Å². The molecule has 7 heteroatoms. The maximum atomic E-state index is 12.5. The predicted octanol–water partition coefficient (Wildman–Crippen LogP) is 2.05. The largest absolute Gasteiger partial charge is 0.495 e. The Kier molecular flexibility index (Phi) is 7.43. The van der Waals surface area contributed by atoms with Gasteiger partial charge in [-0.15, -0.1) is 0 Å². The van der Waals surface area contributed by atoms with Gasteiger partial charge in [0.1, 0.15) is 5.75 Å². The Balaban J connectivity index is 1.54. The van der Waals surface area contributed by atoms with Crippen molar-refractivity contribution < 1.29 is 14.3 Å². The molecule has 3 rings (SSSR count). The van der Waals surface area contributed by atoms with E-state index in [-0.39, 0.29) is 30.9 Å². The number of benzene rings is 2. The summed E-state index contributed by atoms with van der Waals surface area (Å²) < 4.78 is 5.28. The molecule has 1 unspecified atom stereocenters. The maximum Gasteiger partial charge on any atom is 0.243 e. The third kappa shape index (κ3) is 5.81. The molecule has 0 spiro atoms. The van der Waals surface area contributed by atoms with Gasteiger partial charge in [0.25, 0.3) is 0 Å². The van der Waals surface area contributed by atoms with Crippen molar-refractivity contribution in [3.63, 3.8) is 0 Å². The summed E-state index contributed by atoms with van der Waals surface area (Å²) in [5, 5.41) is 5.54. The Morgan fingerprint density at radius 2 is 1.87 bits per heavy atom. The van der Waals surface area contributed by atoms with E-state index in [9.17, 15) is 9.59 Å². The van der Waals surface area contributed by atoms with E-state index in [4.69, 9.17) is 4.74 Å². The van der Waals surface area contributed by atoms with Crippen molar-refractivity contribution in [2.75, 3.05) is 52.2 Å². The van der Waals surface area contributed by atoms with Crippen LogP contribution >= 0.6 is 0 Å². The van der Waals surface area contributed by atoms with Crippen LogP contribution in [0.25, 0.3) is 0 Å². The zero-order chi connectivity index (χ0) is 21.5. The van der Waals surface area contributed by atoms with Gasteiger partial charge in [0, 0.05) is 25.7 Å². The molecule has 1 heterocycles. The van der Waals surface area contributed by atoms with Gasteiger partial charge in [-0.1, -0.05) is 36.4 Å². The van der Waals surface area contributed by atoms with E-state index in [1.54, 1.807) is 13.2 Å². The summed E-state index contributed by atoms with van der Waals surface area (Å²) in [6.45, 7) is 4.69. The van der Waals surface area contributed by atoms with Gasteiger partial charge in [-0.25, -0.2) is 0 Å². The van der Waals surface area contributed by atoms with Crippen LogP contribution in [-0.2, 0) is 9.59 Å². The number of aryl methyl sites for hydroxylation is 1. The molecule has 0 radical (unpaired) electrons. The lowest BCUT2D eigenvalue weighted by molar-refractivity contribution is -0.126. The highest BCUT2D eigenvalue weighted by atomic mass is 16.5. The lowest BCUT2D eigenvalue weighted by Gasteiger charge is -2.39. The number of hydrogen-bond donors (Lipinski definition) is 2. The Hall–Kier alpha value is -2.90. The standard InChI is InChI=1S/C23H30N4O3/c1-17-9-10-21(30-3)19(13-17)25-22(28)14-24-23(29)16-27-12-11-26(2)15-20(27)18-7-5-4-6-8-18/h4-10,13,20H,11-12,14-16H2,1-3H3,(H,24,29)(H,25,28). The molecule has 1 saturated heterocycles. The minimum atomic E-state index is -0.287. The zero-order valence-corrected chi connectivity index (χ0v) is 17.9. The molecule has 1 aliphatic heterocycles. The fraction of sp³-hybridized carbons (Fsp3) is 0.391. The van der Waals surface area contributed by atoms with E-state index in [2.05, 4.69) is 39.6 Å². The van der Waals surface area contributed by atoms with E-state index in [1.165, 1.54) is 5.56 Å². The highest BCUT2D eigenvalue weighted by molar-refractivity contribution is 5.96. The Morgan fingerprint density at radius 1 is 1.10 bits per heavy atom. The highest BCUT2D eigenvalue weighted by Crippen LogP contribution is 2.25. The summed E-state index contributed by atoms with van der Waals surface area (Å²) in [6, 6.07) is 15.9. The molecule has 160 valence electrons. The van der Waals surface area contributed by atoms with Crippen LogP contribution in [0.5, 0.6) is 5.75 Å². The predicted molar refractivity (Wildman–Crippen MR) is 118 cm³/mol. The minimum absolute atomic E-state index is 0.0837. The molecule has 0 aliphatic carbocycles. The van der Waals surface area contributed by atoms with Crippen molar-refractivity contribution in [1.29, 1.82) is 0 Å². The van der Waals surface area contributed by atoms with Crippen molar-refractivity contribution in [2.24, 2.45) is 0 Å². The maximum absolute atomic E-state index is 12.5. The number of ether oxygens (including phenoxy) is 1. The van der Waals surface area contributed by atoms with Crippen LogP contribution in [0.1, 0.15) is 17.2 Å². The number of carbonyl (C=O) groups is 2. The Bertz CT molecular complexity index is 872. The first-order valence-electron chi connectivity index (χ1n) is 10.1. The molecule has 0 bridgehead atoms. The topological polar surface area (TPSA) is 73.9 Å². The molecule has 1 fully saturated rings. The lowest BCUT2D eigenvalue weighted by Crippen LogP contribution is -2.50. The normalized spacial score (nSPS) is 17.4. The second-order valence-corrected chi connectivity index (χ2v) is 7.69. The first-order valence-corrected chi connectivity index (χ1v) is 10.1. The van der Waals surface area contributed by atoms with Gasteiger partial charge in [-0.05, 0) is 37.2 Å². The number of amides is 2. The van der Waals surface area contributed by atoms with Gasteiger partial charge in [-0.3, -0.25) is 14.5 Å². The molecule has 2 amide bonds. The summed E-state index contributed by atoms with van der Waals surface area (Å²) >= 11 is 0. The van der Waals surface area contributed by atoms with Gasteiger partial charge in [-0.2, -0.15) is 0 Å². The number of nitrogens with one attached hydrogen (secondary N) is 2. The number of nitrogens with zero attached hydrogens (tertiary/aromatic N) is 2. The SMILES string of the molecule is COc1ccc(C)cc1NC(=O)CNC(=O)CN1CCN(C)CC1c1ccccc1. The van der Waals surface area contributed by atoms with Gasteiger partial charge in [0.2, 0.25) is 11.8 Å². The molecule has 2 aromatic rings. The minimum Gasteiger partial charge on any atom is -0.495 e. The van der Waals surface area contributed by atoms with Crippen LogP contribution in [0.2, 0.25) is 0 Å². The molecule has 1 aliphatic rings. The number of anilines is 1. The molecule has 30 heavy (non-hydrogen) atoms. The molecule has 0 saturated carbocycles. The first kappa shape index (κ1) is 21.8. The number of rotatable bonds is 7. The molecular weight excluding hydrogens is 380 g/mol. The van der Waals surface area contributed by atoms with Crippen molar-refractivity contribution in [2.45, 2.75) is 13.0 Å². The summed E-state index contributed by atoms with van der Waals surface area (Å²) in [7, 11) is 3.65. The summed E-state index contributed by atoms with van der Waals surface area (Å²) in [5.41, 5.74) is 2.80. The molecule has 1 atom stereocenters. The number of piperazine rings is 1. The zero-order valence-electron chi connectivity index (χ0n) is 17.9. The van der Waals surface area contributed by atoms with Crippen LogP contribution in [0.4, 0.5) is 5.69 Å². The molecule has 2 aromatic carbocycles. The Morgan fingerprint density at radius 3 is 2.60 bits per heavy atom. The second-order valence-electron chi connectivity index (χ2n) is 7.69. The average molecular weight is 411 g/mol. The van der Waals surface area contributed by atoms with Crippen molar-refractivity contribution in [3.05, 3.63) is 59.7 Å². The summed E-state index contributed by atoms with van der Waals surface area (Å²) in [4.78, 5) is 29.3. The monoisotopic (exact) mass is 410 g/mol. The summed E-state index contributed by atoms with van der Waals surface area (Å²) in [6.07, 6.45) is 0. The summed E-state index contributed by atoms with van der Waals surface area (Å²) in [5.74, 6) is 0.139. The fourth-order valence-electron chi connectivity index (χ4n) is 3.67. The number of methoxy groups -OCH3 is 1. The highest BCUT2D eigenvalue weighted by Gasteiger charge is 2.28. The number of carbonyl (C=O) groups excluding carboxylic acids is 2. The van der Waals surface area contributed by atoms with Gasteiger partial charge in [0.15, 0.2) is 0 Å². The van der Waals surface area contributed by atoms with Crippen LogP contribution in [-0.4, -0.2) is 68.5 Å². The molecular formula is C23H30N4O3. The average Bonchev–Trinajstić information content (AvgIpc) is 2.74. The smallest absolute Gasteiger partial charge is 0.243 e. The third-order valence-electron chi connectivity index (χ3n) is 5.30. The van der Waals surface area contributed by atoms with Crippen molar-refractivity contribution >= 4 is 17.5 Å². The van der Waals surface area contributed by atoms with E-state index >= 15 is 0 Å². The van der Waals surface area contributed by atoms with Crippen LogP contribution in [0.15, 0.2) is 48.5 Å². The third-order valence-corrected chi connectivity index (χ3v) is 5.30. The lowest BCUT2D eigenvalue weighted by atomic mass is 10.0. The van der Waals surface area contributed by atoms with Crippen molar-refractivity contribution in [1.82, 2.24) is 15.1 Å². The van der Waals surface area contributed by atoms with Gasteiger partial charge in [0.05, 0.1) is 25.9 Å². The van der Waals surface area contributed by atoms with E-state index in [0.717, 1.165) is 25.2 Å². The van der Waals surface area contributed by atoms with E-state index in [1.807, 2.05) is 37.3 Å². The fourth-order valence-corrected chi connectivity index (χ4v) is 3.67. The first-order chi connectivity index (χ1) is 14.5. The quantitative estimate of drug-likeness (QED) is 0.731. The van der Waals surface area contributed by atoms with Crippen molar-refractivity contribution in [3.8, 4) is 5.75 Å². The Labute approximate surface area is 178 Å². The molecule has 0 aromatic heterocycles. The number of hydrogen-bond acceptors (Lipinski definition) is 5. The van der Waals surface area contributed by atoms with E-state index < -0.39 is 0 Å². The van der Waals surface area contributed by atoms with Crippen LogP contribution in [0, 0.1) is 6.92 Å². The second kappa shape index (κ2) is 10.2. The van der Waals surface area contributed by atoms with Gasteiger partial charge < -0.3 is 20.3 Å². The van der Waals surface area contributed by atoms with Gasteiger partial charge >= 0.3 is 0 Å². The molecule has 2 N–H and O–H groups in total. The molecule has 7 nitrogen and oxygen atoms in total. The van der Waals surface area contributed by atoms with Crippen LogP contribution in [0.3, 0.4) is 0 Å². The number of likely N-dealkylation sites (N-methyl/N-ethyl adjacent to an activating group) is 1.